The average molecular weight is 361 g/mol. The first-order valence-corrected chi connectivity index (χ1v) is 8.55. The number of benzene rings is 1. The van der Waals surface area contributed by atoms with E-state index in [1.165, 1.54) is 18.2 Å². The van der Waals surface area contributed by atoms with Crippen LogP contribution < -0.4 is 10.5 Å². The average Bonchev–Trinajstić information content (AvgIpc) is 3.44. The molecular formula is C19H21F2N3O2. The van der Waals surface area contributed by atoms with Crippen LogP contribution in [0.5, 0.6) is 0 Å². The Morgan fingerprint density at radius 2 is 1.85 bits per heavy atom. The summed E-state index contributed by atoms with van der Waals surface area (Å²) in [6.45, 7) is 0. The van der Waals surface area contributed by atoms with Gasteiger partial charge in [0, 0.05) is 32.1 Å². The molecule has 5 nitrogen and oxygen atoms in total. The van der Waals surface area contributed by atoms with Gasteiger partial charge in [0.2, 0.25) is 5.95 Å². The maximum absolute atomic E-state index is 12.7. The summed E-state index contributed by atoms with van der Waals surface area (Å²) in [6.07, 6.45) is -0.266. The highest BCUT2D eigenvalue weighted by Crippen LogP contribution is 2.45. The van der Waals surface area contributed by atoms with Crippen LogP contribution >= 0.6 is 0 Å². The summed E-state index contributed by atoms with van der Waals surface area (Å²) < 4.78 is 25.5. The van der Waals surface area contributed by atoms with Crippen molar-refractivity contribution in [1.29, 1.82) is 0 Å². The lowest BCUT2D eigenvalue weighted by Gasteiger charge is -2.17. The zero-order valence-electron chi connectivity index (χ0n) is 14.7. The monoisotopic (exact) mass is 361 g/mol. The lowest BCUT2D eigenvalue weighted by molar-refractivity contribution is 0.0965. The number of carbonyl (C=O) groups is 1. The van der Waals surface area contributed by atoms with Crippen LogP contribution in [0.1, 0.15) is 53.2 Å². The van der Waals surface area contributed by atoms with E-state index in [9.17, 15) is 18.4 Å². The Kier molecular flexibility index (Phi) is 5.15. The molecule has 1 fully saturated rings. The molecule has 1 atom stereocenters. The van der Waals surface area contributed by atoms with Crippen molar-refractivity contribution in [1.82, 2.24) is 9.97 Å². The molecule has 0 amide bonds. The van der Waals surface area contributed by atoms with Crippen LogP contribution in [0.4, 0.5) is 14.7 Å². The fraction of sp³-hybridized carbons (Fsp3) is 0.421. The van der Waals surface area contributed by atoms with E-state index in [-0.39, 0.29) is 34.9 Å². The maximum atomic E-state index is 12.7. The fourth-order valence-corrected chi connectivity index (χ4v) is 3.05. The SMILES string of the molecule is CN(C)c1nc(C(=O)C[C@@H](c2ccc(C(F)F)cc2)C2CC2)cc(=O)[nH]1. The molecule has 1 saturated carbocycles. The number of aromatic nitrogens is 2. The highest BCUT2D eigenvalue weighted by molar-refractivity contribution is 5.95. The van der Waals surface area contributed by atoms with E-state index in [1.807, 2.05) is 0 Å². The summed E-state index contributed by atoms with van der Waals surface area (Å²) in [6, 6.07) is 7.38. The smallest absolute Gasteiger partial charge is 0.263 e. The van der Waals surface area contributed by atoms with Crippen molar-refractivity contribution in [3.05, 3.63) is 57.5 Å². The maximum Gasteiger partial charge on any atom is 0.263 e. The molecule has 0 radical (unpaired) electrons. The third-order valence-electron chi connectivity index (χ3n) is 4.65. The number of hydrogen-bond donors (Lipinski definition) is 1. The number of Topliss-reactive ketones (excluding diaryl/α,β-unsaturated/α-hetero) is 1. The molecule has 1 aliphatic carbocycles. The normalized spacial score (nSPS) is 15.1. The molecule has 1 aromatic carbocycles. The summed E-state index contributed by atoms with van der Waals surface area (Å²) in [7, 11) is 3.45. The second-order valence-corrected chi connectivity index (χ2v) is 6.89. The molecule has 0 unspecified atom stereocenters. The van der Waals surface area contributed by atoms with E-state index in [4.69, 9.17) is 0 Å². The fourth-order valence-electron chi connectivity index (χ4n) is 3.05. The Bertz CT molecular complexity index is 843. The minimum atomic E-state index is -2.50. The summed E-state index contributed by atoms with van der Waals surface area (Å²) in [4.78, 5) is 32.9. The standard InChI is InChI=1S/C19H21F2N3O2/c1-24(2)19-22-15(10-17(26)23-19)16(25)9-14(11-3-4-11)12-5-7-13(8-6-12)18(20)21/h5-8,10-11,14,18H,3-4,9H2,1-2H3,(H,22,23,26)/t14-/m1/s1. The van der Waals surface area contributed by atoms with Crippen LogP contribution in [0.15, 0.2) is 35.1 Å². The molecule has 3 rings (SSSR count). The van der Waals surface area contributed by atoms with Crippen molar-refractivity contribution in [2.45, 2.75) is 31.6 Å². The van der Waals surface area contributed by atoms with Crippen molar-refractivity contribution < 1.29 is 13.6 Å². The van der Waals surface area contributed by atoms with Crippen molar-refractivity contribution in [2.75, 3.05) is 19.0 Å². The molecule has 0 saturated heterocycles. The molecule has 0 spiro atoms. The Morgan fingerprint density at radius 3 is 2.38 bits per heavy atom. The van der Waals surface area contributed by atoms with E-state index in [0.717, 1.165) is 18.4 Å². The summed E-state index contributed by atoms with van der Waals surface area (Å²) in [5.41, 5.74) is 0.605. The van der Waals surface area contributed by atoms with Crippen LogP contribution in [-0.4, -0.2) is 29.8 Å². The number of halogens is 2. The highest BCUT2D eigenvalue weighted by atomic mass is 19.3. The zero-order valence-corrected chi connectivity index (χ0v) is 14.7. The molecule has 1 aliphatic rings. The largest absolute Gasteiger partial charge is 0.348 e. The van der Waals surface area contributed by atoms with Gasteiger partial charge in [0.25, 0.3) is 12.0 Å². The van der Waals surface area contributed by atoms with Gasteiger partial charge in [-0.2, -0.15) is 0 Å². The van der Waals surface area contributed by atoms with E-state index in [0.29, 0.717) is 11.9 Å². The van der Waals surface area contributed by atoms with Crippen LogP contribution in [0, 0.1) is 5.92 Å². The van der Waals surface area contributed by atoms with Crippen LogP contribution in [-0.2, 0) is 0 Å². The second kappa shape index (κ2) is 7.35. The number of anilines is 1. The number of hydrogen-bond acceptors (Lipinski definition) is 4. The molecule has 1 aromatic heterocycles. The summed E-state index contributed by atoms with van der Waals surface area (Å²) in [5.74, 6) is 0.434. The van der Waals surface area contributed by atoms with Gasteiger partial charge in [-0.3, -0.25) is 14.6 Å². The van der Waals surface area contributed by atoms with E-state index in [2.05, 4.69) is 9.97 Å². The molecule has 0 bridgehead atoms. The lowest BCUT2D eigenvalue weighted by atomic mass is 9.88. The molecule has 7 heteroatoms. The van der Waals surface area contributed by atoms with Gasteiger partial charge in [-0.05, 0) is 30.2 Å². The second-order valence-electron chi connectivity index (χ2n) is 6.89. The van der Waals surface area contributed by atoms with Gasteiger partial charge in [-0.25, -0.2) is 13.8 Å². The molecule has 0 aliphatic heterocycles. The Morgan fingerprint density at radius 1 is 1.23 bits per heavy atom. The van der Waals surface area contributed by atoms with E-state index >= 15 is 0 Å². The van der Waals surface area contributed by atoms with E-state index in [1.54, 1.807) is 31.1 Å². The lowest BCUT2D eigenvalue weighted by Crippen LogP contribution is -2.21. The van der Waals surface area contributed by atoms with Gasteiger partial charge in [0.05, 0.1) is 0 Å². The predicted molar refractivity (Wildman–Crippen MR) is 95.0 cm³/mol. The quantitative estimate of drug-likeness (QED) is 0.766. The van der Waals surface area contributed by atoms with Crippen LogP contribution in [0.25, 0.3) is 0 Å². The molecular weight excluding hydrogens is 340 g/mol. The van der Waals surface area contributed by atoms with Gasteiger partial charge in [-0.15, -0.1) is 0 Å². The zero-order chi connectivity index (χ0) is 18.8. The van der Waals surface area contributed by atoms with Crippen molar-refractivity contribution in [3.8, 4) is 0 Å². The highest BCUT2D eigenvalue weighted by Gasteiger charge is 2.34. The Hall–Kier alpha value is -2.57. The number of aromatic amines is 1. The van der Waals surface area contributed by atoms with Crippen LogP contribution in [0.2, 0.25) is 0 Å². The molecule has 2 aromatic rings. The number of H-pyrrole nitrogens is 1. The number of nitrogens with zero attached hydrogens (tertiary/aromatic N) is 2. The minimum absolute atomic E-state index is 0.0264. The van der Waals surface area contributed by atoms with Gasteiger partial charge in [0.1, 0.15) is 5.69 Å². The number of carbonyl (C=O) groups excluding carboxylic acids is 1. The number of ketones is 1. The Labute approximate surface area is 150 Å². The minimum Gasteiger partial charge on any atom is -0.348 e. The van der Waals surface area contributed by atoms with Gasteiger partial charge in [0.15, 0.2) is 5.78 Å². The first-order valence-electron chi connectivity index (χ1n) is 8.55. The molecule has 1 heterocycles. The van der Waals surface area contributed by atoms with Crippen LogP contribution in [0.3, 0.4) is 0 Å². The summed E-state index contributed by atoms with van der Waals surface area (Å²) >= 11 is 0. The number of alkyl halides is 2. The predicted octanol–water partition coefficient (Wildman–Crippen LogP) is 3.54. The van der Waals surface area contributed by atoms with Gasteiger partial charge in [-0.1, -0.05) is 24.3 Å². The first-order chi connectivity index (χ1) is 12.3. The molecule has 138 valence electrons. The van der Waals surface area contributed by atoms with Crippen molar-refractivity contribution >= 4 is 11.7 Å². The third-order valence-corrected chi connectivity index (χ3v) is 4.65. The molecule has 1 N–H and O–H groups in total. The van der Waals surface area contributed by atoms with Crippen molar-refractivity contribution in [2.24, 2.45) is 5.92 Å². The van der Waals surface area contributed by atoms with Crippen molar-refractivity contribution in [3.63, 3.8) is 0 Å². The topological polar surface area (TPSA) is 66.1 Å². The Balaban J connectivity index is 1.82. The van der Waals surface area contributed by atoms with Gasteiger partial charge < -0.3 is 4.90 Å². The summed E-state index contributed by atoms with van der Waals surface area (Å²) in [5, 5.41) is 0. The first kappa shape index (κ1) is 18.2. The van der Waals surface area contributed by atoms with E-state index < -0.39 is 6.43 Å². The number of nitrogens with one attached hydrogen (secondary N) is 1. The molecule has 26 heavy (non-hydrogen) atoms. The third kappa shape index (κ3) is 4.15. The number of rotatable bonds is 7. The van der Waals surface area contributed by atoms with Gasteiger partial charge >= 0.3 is 0 Å².